The van der Waals surface area contributed by atoms with Crippen LogP contribution in [-0.4, -0.2) is 23.3 Å². The number of benzene rings is 2. The average molecular weight is 447 g/mol. The van der Waals surface area contributed by atoms with E-state index in [4.69, 9.17) is 4.74 Å². The van der Waals surface area contributed by atoms with Crippen LogP contribution in [0.25, 0.3) is 0 Å². The molecule has 0 saturated carbocycles. The normalized spacial score (nSPS) is 21.5. The summed E-state index contributed by atoms with van der Waals surface area (Å²) in [5.41, 5.74) is 0.824. The molecule has 0 amide bonds. The number of allylic oxidation sites excluding steroid dienone is 2. The van der Waals surface area contributed by atoms with Gasteiger partial charge < -0.3 is 10.1 Å². The number of dihydropyridines is 1. The number of non-ortho nitro benzene ring substituents is 1. The fourth-order valence-corrected chi connectivity index (χ4v) is 5.01. The third-order valence-electron chi connectivity index (χ3n) is 6.24. The van der Waals surface area contributed by atoms with Crippen LogP contribution in [0.4, 0.5) is 5.69 Å². The quantitative estimate of drug-likeness (QED) is 0.410. The van der Waals surface area contributed by atoms with E-state index >= 15 is 0 Å². The standard InChI is InChI=1S/C26H26N2O5/c1-4-33-24(30)20-16-27-21-14-25(2,3)15-22(29)23(21)26(20,17-9-6-5-7-10-17)18-11-8-12-19(13-18)28(31)32/h5-13,16,27H,4,14-15H2,1-3H3. The lowest BCUT2D eigenvalue weighted by Gasteiger charge is -2.45. The van der Waals surface area contributed by atoms with Crippen LogP contribution >= 0.6 is 0 Å². The Hall–Kier alpha value is -3.74. The van der Waals surface area contributed by atoms with Crippen molar-refractivity contribution >= 4 is 17.4 Å². The Morgan fingerprint density at radius 2 is 1.79 bits per heavy atom. The van der Waals surface area contributed by atoms with Crippen LogP contribution in [-0.2, 0) is 19.7 Å². The summed E-state index contributed by atoms with van der Waals surface area (Å²) in [6.07, 6.45) is 2.49. The van der Waals surface area contributed by atoms with Gasteiger partial charge in [0.2, 0.25) is 0 Å². The van der Waals surface area contributed by atoms with Crippen LogP contribution in [0.1, 0.15) is 44.7 Å². The first kappa shape index (κ1) is 22.5. The molecule has 2 aromatic carbocycles. The van der Waals surface area contributed by atoms with Gasteiger partial charge in [-0.2, -0.15) is 0 Å². The van der Waals surface area contributed by atoms with Crippen molar-refractivity contribution in [3.05, 3.63) is 98.9 Å². The monoisotopic (exact) mass is 446 g/mol. The molecule has 1 N–H and O–H groups in total. The molecule has 1 aliphatic carbocycles. The van der Waals surface area contributed by atoms with Gasteiger partial charge in [-0.15, -0.1) is 0 Å². The SMILES string of the molecule is CCOC(=O)C1=CNC2=C(C(=O)CC(C)(C)C2)C1(c1ccccc1)c1cccc([N+](=O)[O-])c1. The predicted molar refractivity (Wildman–Crippen MR) is 123 cm³/mol. The number of hydrogen-bond acceptors (Lipinski definition) is 6. The predicted octanol–water partition coefficient (Wildman–Crippen LogP) is 4.57. The van der Waals surface area contributed by atoms with Crippen molar-refractivity contribution < 1.29 is 19.2 Å². The molecule has 1 aliphatic heterocycles. The summed E-state index contributed by atoms with van der Waals surface area (Å²) >= 11 is 0. The second-order valence-electron chi connectivity index (χ2n) is 9.14. The molecule has 2 aliphatic rings. The van der Waals surface area contributed by atoms with Gasteiger partial charge in [-0.3, -0.25) is 14.9 Å². The van der Waals surface area contributed by atoms with Crippen molar-refractivity contribution in [3.63, 3.8) is 0 Å². The molecule has 0 fully saturated rings. The molecule has 33 heavy (non-hydrogen) atoms. The van der Waals surface area contributed by atoms with Crippen molar-refractivity contribution in [1.29, 1.82) is 0 Å². The van der Waals surface area contributed by atoms with Gasteiger partial charge in [0.15, 0.2) is 5.78 Å². The Bertz CT molecular complexity index is 1200. The summed E-state index contributed by atoms with van der Waals surface area (Å²) in [6, 6.07) is 15.4. The molecule has 1 heterocycles. The van der Waals surface area contributed by atoms with Crippen molar-refractivity contribution in [2.75, 3.05) is 6.61 Å². The molecule has 7 heteroatoms. The van der Waals surface area contributed by atoms with Crippen LogP contribution in [0, 0.1) is 15.5 Å². The number of carbonyl (C=O) groups excluding carboxylic acids is 2. The van der Waals surface area contributed by atoms with E-state index in [1.165, 1.54) is 12.1 Å². The zero-order valence-corrected chi connectivity index (χ0v) is 18.9. The fourth-order valence-electron chi connectivity index (χ4n) is 5.01. The number of nitro benzene ring substituents is 1. The lowest BCUT2D eigenvalue weighted by Crippen LogP contribution is -2.47. The molecule has 7 nitrogen and oxygen atoms in total. The maximum Gasteiger partial charge on any atom is 0.337 e. The number of ether oxygens (including phenoxy) is 1. The minimum absolute atomic E-state index is 0.0981. The topological polar surface area (TPSA) is 98.5 Å². The number of rotatable bonds is 5. The Balaban J connectivity index is 2.12. The van der Waals surface area contributed by atoms with Crippen molar-refractivity contribution in [2.24, 2.45) is 5.41 Å². The fraction of sp³-hybridized carbons (Fsp3) is 0.308. The number of nitrogens with zero attached hydrogens (tertiary/aromatic N) is 1. The highest BCUT2D eigenvalue weighted by Gasteiger charge is 2.53. The molecular weight excluding hydrogens is 420 g/mol. The van der Waals surface area contributed by atoms with E-state index in [-0.39, 0.29) is 29.1 Å². The van der Waals surface area contributed by atoms with E-state index in [1.54, 1.807) is 25.3 Å². The van der Waals surface area contributed by atoms with E-state index in [1.807, 2.05) is 44.2 Å². The molecule has 0 spiro atoms. The molecule has 0 saturated heterocycles. The lowest BCUT2D eigenvalue weighted by atomic mass is 9.58. The molecule has 0 aromatic heterocycles. The Kier molecular flexibility index (Phi) is 5.66. The maximum absolute atomic E-state index is 13.7. The zero-order valence-electron chi connectivity index (χ0n) is 18.9. The number of hydrogen-bond donors (Lipinski definition) is 1. The average Bonchev–Trinajstić information content (AvgIpc) is 2.78. The highest BCUT2D eigenvalue weighted by Crippen LogP contribution is 2.53. The molecule has 1 atom stereocenters. The molecule has 2 aromatic rings. The minimum atomic E-state index is -1.34. The van der Waals surface area contributed by atoms with E-state index in [9.17, 15) is 19.7 Å². The van der Waals surface area contributed by atoms with Gasteiger partial charge in [0.25, 0.3) is 5.69 Å². The van der Waals surface area contributed by atoms with Crippen molar-refractivity contribution in [1.82, 2.24) is 5.32 Å². The summed E-state index contributed by atoms with van der Waals surface area (Å²) in [6.45, 7) is 5.92. The van der Waals surface area contributed by atoms with Gasteiger partial charge in [0.1, 0.15) is 0 Å². The largest absolute Gasteiger partial charge is 0.463 e. The number of ketones is 1. The first-order valence-electron chi connectivity index (χ1n) is 10.9. The van der Waals surface area contributed by atoms with Crippen molar-refractivity contribution in [2.45, 2.75) is 39.0 Å². The first-order chi connectivity index (χ1) is 15.7. The Labute approximate surface area is 192 Å². The van der Waals surface area contributed by atoms with Crippen LogP contribution < -0.4 is 5.32 Å². The number of nitro groups is 1. The van der Waals surface area contributed by atoms with Crippen LogP contribution in [0.3, 0.4) is 0 Å². The second-order valence-corrected chi connectivity index (χ2v) is 9.14. The summed E-state index contributed by atoms with van der Waals surface area (Å²) < 4.78 is 5.40. The van der Waals surface area contributed by atoms with Crippen LogP contribution in [0.2, 0.25) is 0 Å². The molecular formula is C26H26N2O5. The minimum Gasteiger partial charge on any atom is -0.463 e. The summed E-state index contributed by atoms with van der Waals surface area (Å²) in [5, 5.41) is 14.8. The zero-order chi connectivity index (χ0) is 23.8. The third-order valence-corrected chi connectivity index (χ3v) is 6.24. The molecule has 1 unspecified atom stereocenters. The van der Waals surface area contributed by atoms with Gasteiger partial charge >= 0.3 is 5.97 Å². The van der Waals surface area contributed by atoms with Crippen molar-refractivity contribution in [3.8, 4) is 0 Å². The first-order valence-corrected chi connectivity index (χ1v) is 10.9. The van der Waals surface area contributed by atoms with E-state index < -0.39 is 16.3 Å². The smallest absolute Gasteiger partial charge is 0.337 e. The van der Waals surface area contributed by atoms with Crippen LogP contribution in [0.15, 0.2) is 77.6 Å². The molecule has 0 bridgehead atoms. The summed E-state index contributed by atoms with van der Waals surface area (Å²) in [5.74, 6) is -0.677. The van der Waals surface area contributed by atoms with Gasteiger partial charge in [-0.25, -0.2) is 4.79 Å². The number of nitrogens with one attached hydrogen (secondary N) is 1. The van der Waals surface area contributed by atoms with Gasteiger partial charge in [0, 0.05) is 36.0 Å². The maximum atomic E-state index is 13.7. The highest BCUT2D eigenvalue weighted by atomic mass is 16.6. The lowest BCUT2D eigenvalue weighted by molar-refractivity contribution is -0.384. The number of esters is 1. The van der Waals surface area contributed by atoms with Gasteiger partial charge in [-0.05, 0) is 29.9 Å². The molecule has 4 rings (SSSR count). The summed E-state index contributed by atoms with van der Waals surface area (Å²) in [4.78, 5) is 38.2. The third kappa shape index (κ3) is 3.73. The van der Waals surface area contributed by atoms with E-state index in [0.717, 1.165) is 5.70 Å². The van der Waals surface area contributed by atoms with E-state index in [0.29, 0.717) is 29.5 Å². The second kappa shape index (κ2) is 8.31. The molecule has 170 valence electrons. The van der Waals surface area contributed by atoms with E-state index in [2.05, 4.69) is 5.32 Å². The molecule has 0 radical (unpaired) electrons. The summed E-state index contributed by atoms with van der Waals surface area (Å²) in [7, 11) is 0. The highest BCUT2D eigenvalue weighted by molar-refractivity contribution is 6.07. The van der Waals surface area contributed by atoms with Gasteiger partial charge in [0.05, 0.1) is 22.5 Å². The number of carbonyl (C=O) groups is 2. The Morgan fingerprint density at radius 1 is 1.09 bits per heavy atom. The number of Topliss-reactive ketones (excluding diaryl/α,β-unsaturated/α-hetero) is 1. The van der Waals surface area contributed by atoms with Gasteiger partial charge in [-0.1, -0.05) is 56.3 Å². The Morgan fingerprint density at radius 3 is 2.45 bits per heavy atom. The van der Waals surface area contributed by atoms with Crippen LogP contribution in [0.5, 0.6) is 0 Å².